The van der Waals surface area contributed by atoms with E-state index in [1.165, 1.54) is 42.5 Å². The van der Waals surface area contributed by atoms with Gasteiger partial charge in [-0.2, -0.15) is 43.5 Å². The second kappa shape index (κ2) is 12.8. The minimum absolute atomic E-state index is 0.0342. The lowest BCUT2D eigenvalue weighted by atomic mass is 9.87. The Morgan fingerprint density at radius 2 is 1.29 bits per heavy atom. The molecule has 3 aromatic carbocycles. The van der Waals surface area contributed by atoms with Crippen molar-refractivity contribution in [1.29, 1.82) is 0 Å². The fourth-order valence-electron chi connectivity index (χ4n) is 4.66. The van der Waals surface area contributed by atoms with Crippen LogP contribution in [0.2, 0.25) is 0 Å². The van der Waals surface area contributed by atoms with Crippen LogP contribution in [0.15, 0.2) is 87.5 Å². The van der Waals surface area contributed by atoms with E-state index in [4.69, 9.17) is 18.8 Å². The summed E-state index contributed by atoms with van der Waals surface area (Å²) < 4.78 is 159. The predicted octanol–water partition coefficient (Wildman–Crippen LogP) is 8.45. The number of benzene rings is 3. The van der Waals surface area contributed by atoms with Gasteiger partial charge in [0.1, 0.15) is 19.0 Å². The Labute approximate surface area is 275 Å². The van der Waals surface area contributed by atoms with Gasteiger partial charge in [0.15, 0.2) is 26.6 Å². The lowest BCUT2D eigenvalue weighted by Gasteiger charge is -2.40. The molecule has 264 valence electrons. The fraction of sp³-hybridized carbons (Fsp3) is 0.438. The van der Waals surface area contributed by atoms with Crippen molar-refractivity contribution in [2.24, 2.45) is 0 Å². The molecule has 0 aliphatic carbocycles. The smallest absolute Gasteiger partial charge is 0.405 e. The highest BCUT2D eigenvalue weighted by Gasteiger charge is 2.73. The average Bonchev–Trinajstić information content (AvgIpc) is 2.98. The van der Waals surface area contributed by atoms with E-state index in [1.54, 1.807) is 6.07 Å². The van der Waals surface area contributed by atoms with E-state index in [-0.39, 0.29) is 16.7 Å². The predicted molar refractivity (Wildman–Crippen MR) is 161 cm³/mol. The molecule has 1 aliphatic rings. The van der Waals surface area contributed by atoms with Gasteiger partial charge in [-0.1, -0.05) is 39.0 Å². The average molecular weight is 730 g/mol. The third-order valence-corrected chi connectivity index (χ3v) is 11.0. The quantitative estimate of drug-likeness (QED) is 0.142. The van der Waals surface area contributed by atoms with Crippen molar-refractivity contribution in [3.05, 3.63) is 83.9 Å². The molecule has 0 amide bonds. The van der Waals surface area contributed by atoms with Crippen LogP contribution in [0.5, 0.6) is 5.75 Å². The lowest BCUT2D eigenvalue weighted by Crippen LogP contribution is -2.61. The maximum atomic E-state index is 14.2. The van der Waals surface area contributed by atoms with Crippen molar-refractivity contribution in [1.82, 2.24) is 0 Å². The molecular formula is C32H33F8O6S2+. The van der Waals surface area contributed by atoms with E-state index in [0.29, 0.717) is 9.79 Å². The van der Waals surface area contributed by atoms with Crippen LogP contribution in [0, 0.1) is 0 Å². The molecule has 0 spiro atoms. The summed E-state index contributed by atoms with van der Waals surface area (Å²) in [5.41, 5.74) is 0.758. The third kappa shape index (κ3) is 7.32. The van der Waals surface area contributed by atoms with Crippen molar-refractivity contribution >= 4 is 21.0 Å². The zero-order valence-corrected chi connectivity index (χ0v) is 27.9. The first-order chi connectivity index (χ1) is 21.8. The number of hydrogen-bond acceptors (Lipinski definition) is 5. The van der Waals surface area contributed by atoms with E-state index < -0.39 is 69.1 Å². The second-order valence-electron chi connectivity index (χ2n) is 12.4. The van der Waals surface area contributed by atoms with Gasteiger partial charge in [0.2, 0.25) is 0 Å². The van der Waals surface area contributed by atoms with Gasteiger partial charge in [-0.3, -0.25) is 4.55 Å². The number of hydrogen-bond donors (Lipinski definition) is 1. The van der Waals surface area contributed by atoms with Crippen LogP contribution in [-0.2, 0) is 41.7 Å². The third-order valence-electron chi connectivity index (χ3n) is 7.72. The summed E-state index contributed by atoms with van der Waals surface area (Å²) in [6, 6.07) is 19.0. The minimum atomic E-state index is -5.79. The zero-order chi connectivity index (χ0) is 36.1. The highest BCUT2D eigenvalue weighted by molar-refractivity contribution is 7.97. The lowest BCUT2D eigenvalue weighted by molar-refractivity contribution is -0.387. The van der Waals surface area contributed by atoms with Crippen molar-refractivity contribution in [3.8, 4) is 5.75 Å². The van der Waals surface area contributed by atoms with Crippen LogP contribution >= 0.6 is 0 Å². The van der Waals surface area contributed by atoms with Gasteiger partial charge in [-0.25, -0.2) is 0 Å². The van der Waals surface area contributed by atoms with E-state index in [0.717, 1.165) is 24.3 Å². The van der Waals surface area contributed by atoms with E-state index in [1.807, 2.05) is 45.0 Å². The monoisotopic (exact) mass is 729 g/mol. The minimum Gasteiger partial charge on any atom is -0.483 e. The molecule has 1 aliphatic heterocycles. The molecule has 1 heterocycles. The summed E-state index contributed by atoms with van der Waals surface area (Å²) in [6.07, 6.45) is -2.28. The molecule has 0 saturated carbocycles. The maximum absolute atomic E-state index is 14.2. The molecule has 1 N–H and O–H groups in total. The van der Waals surface area contributed by atoms with Crippen molar-refractivity contribution < 1.29 is 62.3 Å². The molecular weight excluding hydrogens is 696 g/mol. The van der Waals surface area contributed by atoms with Crippen molar-refractivity contribution in [2.75, 3.05) is 13.2 Å². The molecule has 1 fully saturated rings. The van der Waals surface area contributed by atoms with Crippen molar-refractivity contribution in [2.45, 2.75) is 89.6 Å². The Morgan fingerprint density at radius 3 is 1.75 bits per heavy atom. The van der Waals surface area contributed by atoms with Gasteiger partial charge in [0, 0.05) is 11.6 Å². The molecule has 0 aromatic heterocycles. The van der Waals surface area contributed by atoms with E-state index >= 15 is 0 Å². The zero-order valence-electron chi connectivity index (χ0n) is 26.2. The summed E-state index contributed by atoms with van der Waals surface area (Å²) >= 11 is 0. The number of alkyl halides is 8. The second-order valence-corrected chi connectivity index (χ2v) is 15.9. The Balaban J connectivity index is 1.74. The molecule has 48 heavy (non-hydrogen) atoms. The molecule has 1 saturated heterocycles. The first-order valence-electron chi connectivity index (χ1n) is 14.3. The largest absolute Gasteiger partial charge is 0.483 e. The normalized spacial score (nSPS) is 20.6. The van der Waals surface area contributed by atoms with Gasteiger partial charge < -0.3 is 14.2 Å². The topological polar surface area (TPSA) is 82.1 Å². The Hall–Kier alpha value is -2.92. The van der Waals surface area contributed by atoms with Gasteiger partial charge in [-0.15, -0.1) is 0 Å². The fourth-order valence-corrected chi connectivity index (χ4v) is 7.21. The molecule has 4 rings (SSSR count). The Kier molecular flexibility index (Phi) is 10.1. The molecule has 0 radical (unpaired) electrons. The SMILES string of the molecule is CC(Oc1cccc([S+](c2ccc(C(C)(C)C)cc2)c2ccc(C3(C)OCC(F)(F)C(F)(F)C(F)(F)CO3)cc2)c1)C(F)(F)S(=O)(=O)O. The molecule has 2 unspecified atom stereocenters. The molecule has 6 nitrogen and oxygen atoms in total. The molecule has 2 atom stereocenters. The molecule has 3 aromatic rings. The molecule has 0 bridgehead atoms. The van der Waals surface area contributed by atoms with Crippen LogP contribution < -0.4 is 4.74 Å². The first kappa shape index (κ1) is 37.9. The summed E-state index contributed by atoms with van der Waals surface area (Å²) in [5.74, 6) is -18.5. The van der Waals surface area contributed by atoms with Crippen LogP contribution in [0.1, 0.15) is 45.7 Å². The maximum Gasteiger partial charge on any atom is 0.405 e. The number of rotatable bonds is 8. The molecule has 16 heteroatoms. The summed E-state index contributed by atoms with van der Waals surface area (Å²) in [7, 11) is -6.83. The Bertz CT molecular complexity index is 1690. The highest BCUT2D eigenvalue weighted by Crippen LogP contribution is 2.49. The summed E-state index contributed by atoms with van der Waals surface area (Å²) in [4.78, 5) is 1.76. The van der Waals surface area contributed by atoms with Gasteiger partial charge >= 0.3 is 33.1 Å². The van der Waals surface area contributed by atoms with E-state index in [9.17, 15) is 43.5 Å². The van der Waals surface area contributed by atoms with Crippen LogP contribution in [0.4, 0.5) is 35.1 Å². The Morgan fingerprint density at radius 1 is 0.812 bits per heavy atom. The van der Waals surface area contributed by atoms with Crippen LogP contribution in [0.25, 0.3) is 0 Å². The van der Waals surface area contributed by atoms with Crippen LogP contribution in [-0.4, -0.2) is 55.3 Å². The van der Waals surface area contributed by atoms with E-state index in [2.05, 4.69) is 0 Å². The van der Waals surface area contributed by atoms with Gasteiger partial charge in [0.05, 0.1) is 10.9 Å². The van der Waals surface area contributed by atoms with Gasteiger partial charge in [0.25, 0.3) is 0 Å². The standard InChI is InChI=1S/C32H32F8O6S2/c1-20(31(37,38)48(41,42)43)46-23-7-6-8-26(17-23)47(24-13-9-21(10-14-24)27(2,3)4)25-15-11-22(12-16-25)28(5)44-18-29(33,34)32(39,40)30(35,36)19-45-28/h6-17,20H,18-19H2,1-5H3/p+1. The van der Waals surface area contributed by atoms with Gasteiger partial charge in [-0.05, 0) is 73.4 Å². The summed E-state index contributed by atoms with van der Waals surface area (Å²) in [5, 5.41) is -4.62. The number of ether oxygens (including phenoxy) is 3. The number of halogens is 8. The summed E-state index contributed by atoms with van der Waals surface area (Å²) in [6.45, 7) is 3.75. The van der Waals surface area contributed by atoms with Crippen LogP contribution in [0.3, 0.4) is 0 Å². The first-order valence-corrected chi connectivity index (χ1v) is 17.0. The highest BCUT2D eigenvalue weighted by atomic mass is 32.2. The van der Waals surface area contributed by atoms with Crippen molar-refractivity contribution in [3.63, 3.8) is 0 Å².